The van der Waals surface area contributed by atoms with Crippen molar-refractivity contribution >= 4 is 5.69 Å². The van der Waals surface area contributed by atoms with E-state index >= 15 is 0 Å². The zero-order valence-corrected chi connectivity index (χ0v) is 10.9. The molecule has 17 heavy (non-hydrogen) atoms. The highest BCUT2D eigenvalue weighted by Gasteiger charge is 2.26. The Morgan fingerprint density at radius 3 is 1.88 bits per heavy atom. The Balaban J connectivity index is 2.22. The quantitative estimate of drug-likeness (QED) is 0.807. The number of benzene rings is 1. The number of rotatable bonds is 2. The van der Waals surface area contributed by atoms with Crippen LogP contribution in [0.25, 0.3) is 0 Å². The van der Waals surface area contributed by atoms with Crippen LogP contribution in [0.4, 0.5) is 5.69 Å². The van der Waals surface area contributed by atoms with Crippen LogP contribution in [-0.4, -0.2) is 0 Å². The van der Waals surface area contributed by atoms with Crippen LogP contribution in [0, 0.1) is 6.92 Å². The summed E-state index contributed by atoms with van der Waals surface area (Å²) in [6.07, 6.45) is 7.70. The van der Waals surface area contributed by atoms with E-state index in [2.05, 4.69) is 25.7 Å². The minimum absolute atomic E-state index is 1.07. The molecular weight excluding hydrogens is 206 g/mol. The SMILES string of the molecule is C=C(C)Nc1c2c(c(C)c3c1CCC3)CCC2. The second kappa shape index (κ2) is 3.90. The Bertz CT molecular complexity index is 462. The van der Waals surface area contributed by atoms with Crippen LogP contribution in [0.3, 0.4) is 0 Å². The summed E-state index contributed by atoms with van der Waals surface area (Å²) in [5, 5.41) is 3.54. The third-order valence-corrected chi connectivity index (χ3v) is 4.28. The first-order valence-electron chi connectivity index (χ1n) is 6.77. The van der Waals surface area contributed by atoms with Crippen LogP contribution >= 0.6 is 0 Å². The standard InChI is InChI=1S/C16H21N/c1-10(2)17-16-14-8-4-6-12(14)11(3)13-7-5-9-15(13)16/h17H,1,4-9H2,2-3H3. The fraction of sp³-hybridized carbons (Fsp3) is 0.500. The molecular formula is C16H21N. The number of hydrogen-bond acceptors (Lipinski definition) is 1. The van der Waals surface area contributed by atoms with Crippen LogP contribution in [0.5, 0.6) is 0 Å². The molecule has 0 radical (unpaired) electrons. The Kier molecular flexibility index (Phi) is 2.50. The van der Waals surface area contributed by atoms with Crippen LogP contribution < -0.4 is 5.32 Å². The predicted molar refractivity (Wildman–Crippen MR) is 73.7 cm³/mol. The lowest BCUT2D eigenvalue weighted by atomic mass is 9.93. The molecule has 1 heteroatoms. The molecule has 0 aliphatic heterocycles. The summed E-state index contributed by atoms with van der Waals surface area (Å²) in [6.45, 7) is 8.40. The summed E-state index contributed by atoms with van der Waals surface area (Å²) < 4.78 is 0. The molecule has 0 saturated heterocycles. The smallest absolute Gasteiger partial charge is 0.0452 e. The van der Waals surface area contributed by atoms with Gasteiger partial charge in [-0.3, -0.25) is 0 Å². The molecule has 2 aliphatic rings. The zero-order valence-electron chi connectivity index (χ0n) is 10.9. The second-order valence-electron chi connectivity index (χ2n) is 5.53. The average Bonchev–Trinajstić information content (AvgIpc) is 2.92. The van der Waals surface area contributed by atoms with E-state index in [1.807, 2.05) is 0 Å². The van der Waals surface area contributed by atoms with E-state index in [4.69, 9.17) is 0 Å². The van der Waals surface area contributed by atoms with Gasteiger partial charge in [-0.25, -0.2) is 0 Å². The van der Waals surface area contributed by atoms with Crippen molar-refractivity contribution < 1.29 is 0 Å². The summed E-state index contributed by atoms with van der Waals surface area (Å²) in [4.78, 5) is 0. The minimum Gasteiger partial charge on any atom is -0.359 e. The molecule has 0 heterocycles. The molecule has 1 nitrogen and oxygen atoms in total. The Morgan fingerprint density at radius 2 is 1.41 bits per heavy atom. The van der Waals surface area contributed by atoms with Crippen molar-refractivity contribution in [3.05, 3.63) is 40.1 Å². The highest BCUT2D eigenvalue weighted by Crippen LogP contribution is 2.41. The van der Waals surface area contributed by atoms with Gasteiger partial charge in [0.05, 0.1) is 0 Å². The molecule has 1 aromatic rings. The van der Waals surface area contributed by atoms with Crippen LogP contribution in [0.1, 0.15) is 47.6 Å². The molecule has 0 unspecified atom stereocenters. The van der Waals surface area contributed by atoms with E-state index in [1.54, 1.807) is 27.8 Å². The van der Waals surface area contributed by atoms with Crippen LogP contribution in [0.2, 0.25) is 0 Å². The first-order chi connectivity index (χ1) is 8.18. The van der Waals surface area contributed by atoms with Gasteiger partial charge in [-0.05, 0) is 80.2 Å². The monoisotopic (exact) mass is 227 g/mol. The molecule has 3 rings (SSSR count). The van der Waals surface area contributed by atoms with E-state index in [-0.39, 0.29) is 0 Å². The molecule has 0 bridgehead atoms. The van der Waals surface area contributed by atoms with Gasteiger partial charge in [0.15, 0.2) is 0 Å². The Hall–Kier alpha value is -1.24. The lowest BCUT2D eigenvalue weighted by Gasteiger charge is -2.19. The van der Waals surface area contributed by atoms with E-state index in [0.717, 1.165) is 5.70 Å². The van der Waals surface area contributed by atoms with E-state index < -0.39 is 0 Å². The molecule has 0 spiro atoms. The predicted octanol–water partition coefficient (Wildman–Crippen LogP) is 3.92. The summed E-state index contributed by atoms with van der Waals surface area (Å²) in [5.41, 5.74) is 10.5. The first-order valence-corrected chi connectivity index (χ1v) is 6.77. The average molecular weight is 227 g/mol. The van der Waals surface area contributed by atoms with Crippen molar-refractivity contribution in [1.29, 1.82) is 0 Å². The number of hydrogen-bond donors (Lipinski definition) is 1. The van der Waals surface area contributed by atoms with Crippen molar-refractivity contribution in [2.24, 2.45) is 0 Å². The van der Waals surface area contributed by atoms with Gasteiger partial charge in [0.1, 0.15) is 0 Å². The van der Waals surface area contributed by atoms with Crippen LogP contribution in [0.15, 0.2) is 12.3 Å². The fourth-order valence-electron chi connectivity index (χ4n) is 3.60. The zero-order chi connectivity index (χ0) is 12.0. The molecule has 1 N–H and O–H groups in total. The molecule has 0 atom stereocenters. The summed E-state index contributed by atoms with van der Waals surface area (Å²) in [7, 11) is 0. The molecule has 0 amide bonds. The van der Waals surface area contributed by atoms with Gasteiger partial charge in [0.25, 0.3) is 0 Å². The van der Waals surface area contributed by atoms with Gasteiger partial charge in [0.2, 0.25) is 0 Å². The van der Waals surface area contributed by atoms with E-state index in [9.17, 15) is 0 Å². The van der Waals surface area contributed by atoms with Gasteiger partial charge in [-0.15, -0.1) is 0 Å². The normalized spacial score (nSPS) is 16.8. The van der Waals surface area contributed by atoms with E-state index in [1.165, 1.54) is 44.2 Å². The Morgan fingerprint density at radius 1 is 0.941 bits per heavy atom. The van der Waals surface area contributed by atoms with Gasteiger partial charge >= 0.3 is 0 Å². The number of anilines is 1. The van der Waals surface area contributed by atoms with Crippen molar-refractivity contribution in [2.75, 3.05) is 5.32 Å². The minimum atomic E-state index is 1.07. The summed E-state index contributed by atoms with van der Waals surface area (Å²) in [5.74, 6) is 0. The Labute approximate surface area is 104 Å². The van der Waals surface area contributed by atoms with Gasteiger partial charge in [-0.2, -0.15) is 0 Å². The lowest BCUT2D eigenvalue weighted by molar-refractivity contribution is 0.893. The third kappa shape index (κ3) is 1.60. The molecule has 1 aromatic carbocycles. The molecule has 0 fully saturated rings. The molecule has 90 valence electrons. The number of allylic oxidation sites excluding steroid dienone is 1. The number of nitrogens with one attached hydrogen (secondary N) is 1. The summed E-state index contributed by atoms with van der Waals surface area (Å²) in [6, 6.07) is 0. The van der Waals surface area contributed by atoms with Crippen molar-refractivity contribution in [2.45, 2.75) is 52.4 Å². The largest absolute Gasteiger partial charge is 0.359 e. The highest BCUT2D eigenvalue weighted by molar-refractivity contribution is 5.70. The topological polar surface area (TPSA) is 12.0 Å². The van der Waals surface area contributed by atoms with Gasteiger partial charge in [-0.1, -0.05) is 6.58 Å². The maximum Gasteiger partial charge on any atom is 0.0452 e. The van der Waals surface area contributed by atoms with Crippen LogP contribution in [-0.2, 0) is 25.7 Å². The van der Waals surface area contributed by atoms with Crippen molar-refractivity contribution in [1.82, 2.24) is 0 Å². The first kappa shape index (κ1) is 10.9. The molecule has 0 saturated carbocycles. The van der Waals surface area contributed by atoms with Gasteiger partial charge in [0, 0.05) is 11.4 Å². The van der Waals surface area contributed by atoms with Crippen molar-refractivity contribution in [3.63, 3.8) is 0 Å². The highest BCUT2D eigenvalue weighted by atomic mass is 14.9. The van der Waals surface area contributed by atoms with Gasteiger partial charge < -0.3 is 5.32 Å². The molecule has 2 aliphatic carbocycles. The lowest BCUT2D eigenvalue weighted by Crippen LogP contribution is -2.05. The number of fused-ring (bicyclic) bond motifs is 2. The fourth-order valence-corrected chi connectivity index (χ4v) is 3.60. The second-order valence-corrected chi connectivity index (χ2v) is 5.53. The molecule has 0 aromatic heterocycles. The maximum absolute atomic E-state index is 4.01. The van der Waals surface area contributed by atoms with Crippen molar-refractivity contribution in [3.8, 4) is 0 Å². The third-order valence-electron chi connectivity index (χ3n) is 4.28. The summed E-state index contributed by atoms with van der Waals surface area (Å²) >= 11 is 0. The maximum atomic E-state index is 4.01. The van der Waals surface area contributed by atoms with E-state index in [0.29, 0.717) is 0 Å².